The molecule has 0 fully saturated rings. The van der Waals surface area contributed by atoms with Crippen molar-refractivity contribution in [3.05, 3.63) is 54.1 Å². The molecule has 26 heavy (non-hydrogen) atoms. The molecule has 0 aliphatic heterocycles. The van der Waals surface area contributed by atoms with E-state index in [1.807, 2.05) is 0 Å². The van der Waals surface area contributed by atoms with Crippen LogP contribution in [0.3, 0.4) is 0 Å². The molecule has 1 N–H and O–H groups in total. The van der Waals surface area contributed by atoms with Gasteiger partial charge in [-0.3, -0.25) is 9.52 Å². The number of hydrogen-bond donors (Lipinski definition) is 1. The number of ether oxygens (including phenoxy) is 2. The molecular weight excluding hydrogens is 375 g/mol. The van der Waals surface area contributed by atoms with E-state index in [1.165, 1.54) is 16.9 Å². The zero-order chi connectivity index (χ0) is 19.4. The highest BCUT2D eigenvalue weighted by Crippen LogP contribution is 2.34. The van der Waals surface area contributed by atoms with Gasteiger partial charge in [0.1, 0.15) is 18.1 Å². The Bertz CT molecular complexity index is 883. The summed E-state index contributed by atoms with van der Waals surface area (Å²) in [5.41, 5.74) is -5.29. The Kier molecular flexibility index (Phi) is 5.76. The summed E-state index contributed by atoms with van der Waals surface area (Å²) in [5.74, 6) is -1.01. The van der Waals surface area contributed by atoms with Gasteiger partial charge in [-0.2, -0.15) is 21.6 Å². The summed E-state index contributed by atoms with van der Waals surface area (Å²) in [5, 5.41) is 0. The van der Waals surface area contributed by atoms with Crippen molar-refractivity contribution in [2.75, 3.05) is 4.72 Å². The highest BCUT2D eigenvalue weighted by Gasteiger charge is 2.46. The van der Waals surface area contributed by atoms with Crippen molar-refractivity contribution in [2.45, 2.75) is 19.0 Å². The van der Waals surface area contributed by atoms with Gasteiger partial charge in [-0.05, 0) is 17.7 Å². The van der Waals surface area contributed by atoms with Gasteiger partial charge in [0.25, 0.3) is 0 Å². The van der Waals surface area contributed by atoms with Crippen molar-refractivity contribution in [3.63, 3.8) is 0 Å². The average molecular weight is 389 g/mol. The molecule has 140 valence electrons. The maximum Gasteiger partial charge on any atom is 0.516 e. The van der Waals surface area contributed by atoms with E-state index in [-0.39, 0.29) is 18.1 Å². The first-order chi connectivity index (χ1) is 12.1. The molecular formula is C16H14F3NO5S. The average Bonchev–Trinajstić information content (AvgIpc) is 2.53. The number of carbonyl (C=O) groups is 1. The molecule has 2 rings (SSSR count). The first kappa shape index (κ1) is 19.6. The minimum Gasteiger partial charge on any atom is -0.487 e. The Morgan fingerprint density at radius 3 is 2.35 bits per heavy atom. The molecule has 0 unspecified atom stereocenters. The molecule has 6 nitrogen and oxygen atoms in total. The Hall–Kier alpha value is -2.75. The molecule has 2 aromatic carbocycles. The predicted octanol–water partition coefficient (Wildman–Crippen LogP) is 3.45. The van der Waals surface area contributed by atoms with E-state index in [9.17, 15) is 26.4 Å². The standard InChI is InChI=1S/C16H14F3NO5S/c1-11(21)25-13-7-8-15(24-10-12-5-3-2-4-6-12)14(9-13)20-26(22,23)16(17,18)19/h2-9,20H,10H2,1H3. The van der Waals surface area contributed by atoms with Crippen LogP contribution < -0.4 is 14.2 Å². The number of esters is 1. The molecule has 10 heteroatoms. The summed E-state index contributed by atoms with van der Waals surface area (Å²) in [4.78, 5) is 11.0. The van der Waals surface area contributed by atoms with Gasteiger partial charge in [0, 0.05) is 13.0 Å². The lowest BCUT2D eigenvalue weighted by atomic mass is 10.2. The molecule has 0 aliphatic rings. The van der Waals surface area contributed by atoms with Gasteiger partial charge in [0.05, 0.1) is 5.69 Å². The third-order valence-corrected chi connectivity index (χ3v) is 4.10. The quantitative estimate of drug-likeness (QED) is 0.605. The van der Waals surface area contributed by atoms with Crippen LogP contribution in [-0.2, 0) is 21.4 Å². The maximum atomic E-state index is 12.6. The van der Waals surface area contributed by atoms with E-state index in [4.69, 9.17) is 9.47 Å². The van der Waals surface area contributed by atoms with Gasteiger partial charge >= 0.3 is 21.5 Å². The molecule has 0 saturated heterocycles. The predicted molar refractivity (Wildman–Crippen MR) is 87.1 cm³/mol. The van der Waals surface area contributed by atoms with Gasteiger partial charge in [0.15, 0.2) is 0 Å². The fourth-order valence-corrected chi connectivity index (χ4v) is 2.45. The van der Waals surface area contributed by atoms with Crippen LogP contribution >= 0.6 is 0 Å². The first-order valence-corrected chi connectivity index (χ1v) is 8.65. The zero-order valence-corrected chi connectivity index (χ0v) is 14.2. The topological polar surface area (TPSA) is 81.7 Å². The van der Waals surface area contributed by atoms with E-state index >= 15 is 0 Å². The molecule has 0 spiro atoms. The SMILES string of the molecule is CC(=O)Oc1ccc(OCc2ccccc2)c(NS(=O)(=O)C(F)(F)F)c1. The summed E-state index contributed by atoms with van der Waals surface area (Å²) in [7, 11) is -5.67. The molecule has 0 aromatic heterocycles. The monoisotopic (exact) mass is 389 g/mol. The minimum atomic E-state index is -5.67. The van der Waals surface area contributed by atoms with Crippen LogP contribution in [0, 0.1) is 0 Å². The lowest BCUT2D eigenvalue weighted by Crippen LogP contribution is -2.30. The van der Waals surface area contributed by atoms with Crippen LogP contribution in [0.4, 0.5) is 18.9 Å². The number of halogens is 3. The molecule has 2 aromatic rings. The van der Waals surface area contributed by atoms with Crippen molar-refractivity contribution >= 4 is 21.7 Å². The van der Waals surface area contributed by atoms with Crippen molar-refractivity contribution in [2.24, 2.45) is 0 Å². The van der Waals surface area contributed by atoms with Crippen LogP contribution in [-0.4, -0.2) is 19.9 Å². The summed E-state index contributed by atoms with van der Waals surface area (Å²) >= 11 is 0. The summed E-state index contributed by atoms with van der Waals surface area (Å²) in [6.07, 6.45) is 0. The van der Waals surface area contributed by atoms with E-state index in [0.29, 0.717) is 0 Å². The summed E-state index contributed by atoms with van der Waals surface area (Å²) < 4.78 is 72.2. The highest BCUT2D eigenvalue weighted by atomic mass is 32.2. The fraction of sp³-hybridized carbons (Fsp3) is 0.188. The molecule has 0 saturated carbocycles. The fourth-order valence-electron chi connectivity index (χ4n) is 1.88. The number of hydrogen-bond acceptors (Lipinski definition) is 5. The minimum absolute atomic E-state index is 0.00546. The van der Waals surface area contributed by atoms with E-state index in [1.54, 1.807) is 30.3 Å². The number of alkyl halides is 3. The van der Waals surface area contributed by atoms with Gasteiger partial charge < -0.3 is 9.47 Å². The number of benzene rings is 2. The van der Waals surface area contributed by atoms with Crippen molar-refractivity contribution < 1.29 is 35.9 Å². The van der Waals surface area contributed by atoms with Crippen molar-refractivity contribution in [1.82, 2.24) is 0 Å². The second-order valence-electron chi connectivity index (χ2n) is 5.08. The van der Waals surface area contributed by atoms with E-state index in [0.717, 1.165) is 18.6 Å². The lowest BCUT2D eigenvalue weighted by Gasteiger charge is -2.16. The highest BCUT2D eigenvalue weighted by molar-refractivity contribution is 7.93. The van der Waals surface area contributed by atoms with Crippen LogP contribution in [0.25, 0.3) is 0 Å². The third kappa shape index (κ3) is 5.12. The van der Waals surface area contributed by atoms with Gasteiger partial charge in [0.2, 0.25) is 0 Å². The molecule has 0 atom stereocenters. The number of rotatable bonds is 6. The molecule has 0 bridgehead atoms. The Balaban J connectivity index is 2.32. The second kappa shape index (κ2) is 7.65. The number of carbonyl (C=O) groups excluding carboxylic acids is 1. The summed E-state index contributed by atoms with van der Waals surface area (Å²) in [6, 6.07) is 12.1. The number of sulfonamides is 1. The molecule has 0 amide bonds. The van der Waals surface area contributed by atoms with Crippen LogP contribution in [0.2, 0.25) is 0 Å². The molecule has 0 aliphatic carbocycles. The maximum absolute atomic E-state index is 12.6. The number of anilines is 1. The third-order valence-electron chi connectivity index (χ3n) is 3.00. The molecule has 0 heterocycles. The van der Waals surface area contributed by atoms with Crippen molar-refractivity contribution in [1.29, 1.82) is 0 Å². The summed E-state index contributed by atoms with van der Waals surface area (Å²) in [6.45, 7) is 1.09. The van der Waals surface area contributed by atoms with Crippen LogP contribution in [0.5, 0.6) is 11.5 Å². The number of nitrogens with one attached hydrogen (secondary N) is 1. The zero-order valence-electron chi connectivity index (χ0n) is 13.4. The van der Waals surface area contributed by atoms with Gasteiger partial charge in [-0.25, -0.2) is 0 Å². The van der Waals surface area contributed by atoms with Crippen molar-refractivity contribution in [3.8, 4) is 11.5 Å². The lowest BCUT2D eigenvalue weighted by molar-refractivity contribution is -0.131. The second-order valence-corrected chi connectivity index (χ2v) is 6.75. The van der Waals surface area contributed by atoms with Gasteiger partial charge in [-0.15, -0.1) is 0 Å². The Labute approximate surface area is 147 Å². The first-order valence-electron chi connectivity index (χ1n) is 7.17. The van der Waals surface area contributed by atoms with Gasteiger partial charge in [-0.1, -0.05) is 30.3 Å². The smallest absolute Gasteiger partial charge is 0.487 e. The molecule has 0 radical (unpaired) electrons. The Morgan fingerprint density at radius 2 is 1.77 bits per heavy atom. The normalized spacial score (nSPS) is 11.7. The van der Waals surface area contributed by atoms with E-state index < -0.39 is 27.2 Å². The van der Waals surface area contributed by atoms with Crippen LogP contribution in [0.1, 0.15) is 12.5 Å². The van der Waals surface area contributed by atoms with E-state index in [2.05, 4.69) is 0 Å². The Morgan fingerprint density at radius 1 is 1.12 bits per heavy atom. The largest absolute Gasteiger partial charge is 0.516 e. The van der Waals surface area contributed by atoms with Crippen LogP contribution in [0.15, 0.2) is 48.5 Å².